The zero-order chi connectivity index (χ0) is 17.3. The quantitative estimate of drug-likeness (QED) is 0.712. The molecule has 0 aliphatic heterocycles. The first kappa shape index (κ1) is 16.7. The average Bonchev–Trinajstić information content (AvgIpc) is 3.18. The van der Waals surface area contributed by atoms with Crippen molar-refractivity contribution in [2.45, 2.75) is 32.4 Å². The summed E-state index contributed by atoms with van der Waals surface area (Å²) in [7, 11) is 1.58. The van der Waals surface area contributed by atoms with E-state index in [-0.39, 0.29) is 5.54 Å². The van der Waals surface area contributed by atoms with Crippen molar-refractivity contribution in [3.8, 4) is 11.5 Å². The van der Waals surface area contributed by atoms with E-state index in [1.807, 2.05) is 29.1 Å². The summed E-state index contributed by atoms with van der Waals surface area (Å²) in [6.07, 6.45) is 3.10. The number of rotatable bonds is 4. The van der Waals surface area contributed by atoms with E-state index in [1.165, 1.54) is 0 Å². The van der Waals surface area contributed by atoms with Crippen LogP contribution >= 0.6 is 11.6 Å². The van der Waals surface area contributed by atoms with Gasteiger partial charge in [0.1, 0.15) is 6.10 Å². The molecule has 0 aliphatic carbocycles. The maximum atomic E-state index is 6.25. The molecule has 6 nitrogen and oxygen atoms in total. The van der Waals surface area contributed by atoms with Crippen molar-refractivity contribution in [3.05, 3.63) is 53.1 Å². The van der Waals surface area contributed by atoms with Crippen LogP contribution in [-0.2, 0) is 10.3 Å². The Kier molecular flexibility index (Phi) is 4.43. The highest BCUT2D eigenvalue weighted by Gasteiger charge is 2.23. The molecule has 0 amide bonds. The minimum absolute atomic E-state index is 0.117. The van der Waals surface area contributed by atoms with Crippen molar-refractivity contribution in [1.29, 1.82) is 0 Å². The van der Waals surface area contributed by atoms with Gasteiger partial charge in [0.25, 0.3) is 5.89 Å². The molecule has 3 aromatic rings. The Hall–Kier alpha value is -2.18. The Balaban J connectivity index is 1.92. The van der Waals surface area contributed by atoms with Crippen LogP contribution in [0.1, 0.15) is 38.3 Å². The number of nitrogens with zero attached hydrogens (tertiary/aromatic N) is 4. The highest BCUT2D eigenvalue weighted by Crippen LogP contribution is 2.30. The van der Waals surface area contributed by atoms with E-state index in [0.29, 0.717) is 16.7 Å². The summed E-state index contributed by atoms with van der Waals surface area (Å²) in [5, 5.41) is 8.99. The van der Waals surface area contributed by atoms with Crippen molar-refractivity contribution in [2.24, 2.45) is 0 Å². The van der Waals surface area contributed by atoms with Gasteiger partial charge in [-0.2, -0.15) is 10.1 Å². The molecular formula is C17H19ClN4O2. The normalized spacial score (nSPS) is 13.2. The van der Waals surface area contributed by atoms with Crippen LogP contribution in [0.5, 0.6) is 0 Å². The lowest BCUT2D eigenvalue weighted by Crippen LogP contribution is -2.21. The van der Waals surface area contributed by atoms with Crippen molar-refractivity contribution in [2.75, 3.05) is 7.11 Å². The first-order valence-electron chi connectivity index (χ1n) is 7.56. The molecule has 7 heteroatoms. The van der Waals surface area contributed by atoms with E-state index in [0.717, 1.165) is 11.1 Å². The summed E-state index contributed by atoms with van der Waals surface area (Å²) in [5.74, 6) is 0.818. The number of ether oxygens (including phenoxy) is 1. The largest absolute Gasteiger partial charge is 0.368 e. The number of benzene rings is 1. The van der Waals surface area contributed by atoms with Crippen LogP contribution < -0.4 is 0 Å². The zero-order valence-corrected chi connectivity index (χ0v) is 14.8. The van der Waals surface area contributed by atoms with Gasteiger partial charge >= 0.3 is 0 Å². The lowest BCUT2D eigenvalue weighted by Gasteiger charge is -2.18. The van der Waals surface area contributed by atoms with Crippen molar-refractivity contribution >= 4 is 11.6 Å². The number of aromatic nitrogens is 4. The third-order valence-corrected chi connectivity index (χ3v) is 3.96. The molecule has 1 unspecified atom stereocenters. The summed E-state index contributed by atoms with van der Waals surface area (Å²) in [6.45, 7) is 6.21. The number of hydrogen-bond acceptors (Lipinski definition) is 5. The van der Waals surface area contributed by atoms with Gasteiger partial charge in [-0.15, -0.1) is 0 Å². The van der Waals surface area contributed by atoms with Gasteiger partial charge in [-0.05, 0) is 26.8 Å². The topological polar surface area (TPSA) is 66.0 Å². The monoisotopic (exact) mass is 346 g/mol. The summed E-state index contributed by atoms with van der Waals surface area (Å²) in [5.41, 5.74) is 1.44. The van der Waals surface area contributed by atoms with Crippen LogP contribution in [0.2, 0.25) is 5.02 Å². The maximum absolute atomic E-state index is 6.25. The molecular weight excluding hydrogens is 328 g/mol. The van der Waals surface area contributed by atoms with Crippen molar-refractivity contribution in [1.82, 2.24) is 19.9 Å². The Morgan fingerprint density at radius 3 is 2.62 bits per heavy atom. The third kappa shape index (κ3) is 3.20. The first-order valence-corrected chi connectivity index (χ1v) is 7.94. The maximum Gasteiger partial charge on any atom is 0.261 e. The highest BCUT2D eigenvalue weighted by molar-refractivity contribution is 6.31. The van der Waals surface area contributed by atoms with Gasteiger partial charge in [0.2, 0.25) is 5.82 Å². The van der Waals surface area contributed by atoms with Crippen molar-refractivity contribution < 1.29 is 9.26 Å². The van der Waals surface area contributed by atoms with Gasteiger partial charge in [-0.1, -0.05) is 35.0 Å². The number of hydrogen-bond donors (Lipinski definition) is 0. The van der Waals surface area contributed by atoms with Crippen LogP contribution in [0.25, 0.3) is 11.5 Å². The molecule has 0 saturated heterocycles. The van der Waals surface area contributed by atoms with Gasteiger partial charge in [-0.3, -0.25) is 4.68 Å². The molecule has 24 heavy (non-hydrogen) atoms. The van der Waals surface area contributed by atoms with Crippen LogP contribution in [-0.4, -0.2) is 27.0 Å². The lowest BCUT2D eigenvalue weighted by molar-refractivity contribution is 0.126. The van der Waals surface area contributed by atoms with E-state index >= 15 is 0 Å². The van der Waals surface area contributed by atoms with E-state index in [2.05, 4.69) is 36.0 Å². The summed E-state index contributed by atoms with van der Waals surface area (Å²) in [6, 6.07) is 7.43. The fourth-order valence-corrected chi connectivity index (χ4v) is 2.55. The van der Waals surface area contributed by atoms with Crippen LogP contribution in [0.4, 0.5) is 0 Å². The second kappa shape index (κ2) is 6.37. The molecule has 0 aliphatic rings. The molecule has 0 spiro atoms. The fraction of sp³-hybridized carbons (Fsp3) is 0.353. The fourth-order valence-electron chi connectivity index (χ4n) is 2.32. The second-order valence-electron chi connectivity index (χ2n) is 6.44. The van der Waals surface area contributed by atoms with Gasteiger partial charge in [0.05, 0.1) is 17.3 Å². The van der Waals surface area contributed by atoms with Gasteiger partial charge in [0, 0.05) is 23.9 Å². The second-order valence-corrected chi connectivity index (χ2v) is 6.85. The van der Waals surface area contributed by atoms with Crippen molar-refractivity contribution in [3.63, 3.8) is 0 Å². The average molecular weight is 347 g/mol. The lowest BCUT2D eigenvalue weighted by atomic mass is 10.1. The molecule has 3 rings (SSSR count). The van der Waals surface area contributed by atoms with E-state index in [1.54, 1.807) is 19.4 Å². The Bertz CT molecular complexity index is 835. The minimum atomic E-state index is -0.492. The highest BCUT2D eigenvalue weighted by atomic mass is 35.5. The first-order chi connectivity index (χ1) is 11.4. The molecule has 0 radical (unpaired) electrons. The van der Waals surface area contributed by atoms with Gasteiger partial charge in [-0.25, -0.2) is 0 Å². The zero-order valence-electron chi connectivity index (χ0n) is 14.0. The van der Waals surface area contributed by atoms with Gasteiger partial charge < -0.3 is 9.26 Å². The van der Waals surface area contributed by atoms with E-state index in [9.17, 15) is 0 Å². The standard InChI is InChI=1S/C17H19ClN4O2/c1-17(2,3)22-10-11(9-19-22)16-20-15(21-24-16)14(23-4)12-7-5-6-8-13(12)18/h5-10,14H,1-4H3. The van der Waals surface area contributed by atoms with Gasteiger partial charge in [0.15, 0.2) is 0 Å². The molecule has 0 saturated carbocycles. The predicted octanol–water partition coefficient (Wildman–Crippen LogP) is 4.08. The minimum Gasteiger partial charge on any atom is -0.368 e. The molecule has 1 aromatic carbocycles. The van der Waals surface area contributed by atoms with Crippen LogP contribution in [0, 0.1) is 0 Å². The SMILES string of the molecule is COC(c1noc(-c2cnn(C(C)(C)C)c2)n1)c1ccccc1Cl. The molecule has 1 atom stereocenters. The van der Waals surface area contributed by atoms with E-state index in [4.69, 9.17) is 20.9 Å². The summed E-state index contributed by atoms with van der Waals surface area (Å²) >= 11 is 6.25. The number of methoxy groups -OCH3 is 1. The Morgan fingerprint density at radius 1 is 1.25 bits per heavy atom. The van der Waals surface area contributed by atoms with Crippen LogP contribution in [0.15, 0.2) is 41.2 Å². The molecule has 2 heterocycles. The summed E-state index contributed by atoms with van der Waals surface area (Å²) < 4.78 is 12.8. The number of halogens is 1. The molecule has 2 aromatic heterocycles. The predicted molar refractivity (Wildman–Crippen MR) is 90.8 cm³/mol. The summed E-state index contributed by atoms with van der Waals surface area (Å²) in [4.78, 5) is 4.45. The van der Waals surface area contributed by atoms with Crippen LogP contribution in [0.3, 0.4) is 0 Å². The smallest absolute Gasteiger partial charge is 0.261 e. The Morgan fingerprint density at radius 2 is 2.00 bits per heavy atom. The third-order valence-electron chi connectivity index (χ3n) is 3.62. The Labute approximate surface area is 145 Å². The molecule has 0 N–H and O–H groups in total. The molecule has 0 bridgehead atoms. The molecule has 0 fully saturated rings. The molecule has 126 valence electrons. The van der Waals surface area contributed by atoms with E-state index < -0.39 is 6.10 Å².